The first kappa shape index (κ1) is 8.31. The molecule has 2 heterocycles. The van der Waals surface area contributed by atoms with Crippen molar-refractivity contribution in [2.24, 2.45) is 0 Å². The second-order valence-electron chi connectivity index (χ2n) is 2.96. The number of aromatic nitrogens is 3. The Morgan fingerprint density at radius 2 is 2.08 bits per heavy atom. The molecule has 0 saturated carbocycles. The van der Waals surface area contributed by atoms with E-state index in [1.807, 2.05) is 31.1 Å². The van der Waals surface area contributed by atoms with E-state index >= 15 is 0 Å². The highest BCUT2D eigenvalue weighted by Crippen LogP contribution is 2.16. The van der Waals surface area contributed by atoms with E-state index in [2.05, 4.69) is 15.0 Å². The molecular formula is C8H9ClN4. The van der Waals surface area contributed by atoms with Gasteiger partial charge in [0.25, 0.3) is 0 Å². The first-order chi connectivity index (χ1) is 6.16. The van der Waals surface area contributed by atoms with Crippen LogP contribution in [0.25, 0.3) is 11.2 Å². The Labute approximate surface area is 80.6 Å². The third-order valence-corrected chi connectivity index (χ3v) is 1.94. The zero-order valence-electron chi connectivity index (χ0n) is 7.37. The fraction of sp³-hybridized carbons (Fsp3) is 0.250. The van der Waals surface area contributed by atoms with Crippen LogP contribution >= 0.6 is 11.6 Å². The topological polar surface area (TPSA) is 44.8 Å². The van der Waals surface area contributed by atoms with Gasteiger partial charge in [0.05, 0.1) is 5.52 Å². The van der Waals surface area contributed by atoms with Crippen molar-refractivity contribution in [1.82, 2.24) is 15.0 Å². The Bertz CT molecular complexity index is 435. The molecule has 13 heavy (non-hydrogen) atoms. The number of hydrogen-bond acceptors (Lipinski definition) is 3. The van der Waals surface area contributed by atoms with E-state index in [1.165, 1.54) is 0 Å². The van der Waals surface area contributed by atoms with Crippen molar-refractivity contribution in [2.45, 2.75) is 0 Å². The summed E-state index contributed by atoms with van der Waals surface area (Å²) in [7, 11) is 3.87. The van der Waals surface area contributed by atoms with E-state index < -0.39 is 0 Å². The highest BCUT2D eigenvalue weighted by molar-refractivity contribution is 6.29. The Hall–Kier alpha value is -1.29. The fourth-order valence-corrected chi connectivity index (χ4v) is 1.28. The highest BCUT2D eigenvalue weighted by atomic mass is 35.5. The van der Waals surface area contributed by atoms with Crippen LogP contribution in [-0.2, 0) is 0 Å². The van der Waals surface area contributed by atoms with Gasteiger partial charge >= 0.3 is 0 Å². The van der Waals surface area contributed by atoms with Gasteiger partial charge in [0.15, 0.2) is 5.65 Å². The molecule has 0 saturated heterocycles. The maximum absolute atomic E-state index is 5.69. The number of anilines is 1. The van der Waals surface area contributed by atoms with E-state index in [1.54, 1.807) is 0 Å². The summed E-state index contributed by atoms with van der Waals surface area (Å²) in [6, 6.07) is 3.83. The number of nitrogens with one attached hydrogen (secondary N) is 1. The third-order valence-electron chi connectivity index (χ3n) is 1.76. The molecule has 2 rings (SSSR count). The largest absolute Gasteiger partial charge is 0.363 e. The molecule has 0 unspecified atom stereocenters. The molecule has 5 heteroatoms. The molecule has 0 spiro atoms. The summed E-state index contributed by atoms with van der Waals surface area (Å²) in [5, 5.41) is 0.374. The molecule has 0 aliphatic rings. The van der Waals surface area contributed by atoms with Gasteiger partial charge in [0, 0.05) is 14.1 Å². The van der Waals surface area contributed by atoms with Crippen molar-refractivity contribution in [3.63, 3.8) is 0 Å². The maximum atomic E-state index is 5.69. The zero-order valence-corrected chi connectivity index (χ0v) is 8.13. The molecule has 4 nitrogen and oxygen atoms in total. The number of H-pyrrole nitrogens is 1. The minimum atomic E-state index is 0.374. The summed E-state index contributed by atoms with van der Waals surface area (Å²) >= 11 is 5.69. The van der Waals surface area contributed by atoms with Gasteiger partial charge in [-0.1, -0.05) is 0 Å². The normalized spacial score (nSPS) is 10.7. The third kappa shape index (κ3) is 1.45. The molecule has 0 radical (unpaired) electrons. The first-order valence-corrected chi connectivity index (χ1v) is 4.24. The van der Waals surface area contributed by atoms with Crippen LogP contribution in [0.1, 0.15) is 0 Å². The quantitative estimate of drug-likeness (QED) is 0.755. The minimum Gasteiger partial charge on any atom is -0.363 e. The predicted octanol–water partition coefficient (Wildman–Crippen LogP) is 1.68. The second-order valence-corrected chi connectivity index (χ2v) is 3.32. The molecule has 0 bridgehead atoms. The second kappa shape index (κ2) is 2.88. The summed E-state index contributed by atoms with van der Waals surface area (Å²) in [6.45, 7) is 0. The number of pyridine rings is 1. The fourth-order valence-electron chi connectivity index (χ4n) is 1.10. The number of aromatic amines is 1. The molecule has 0 fully saturated rings. The molecule has 0 aliphatic carbocycles. The predicted molar refractivity (Wildman–Crippen MR) is 53.2 cm³/mol. The van der Waals surface area contributed by atoms with Crippen LogP contribution in [0, 0.1) is 0 Å². The first-order valence-electron chi connectivity index (χ1n) is 3.86. The van der Waals surface area contributed by atoms with Crippen LogP contribution in [0.5, 0.6) is 0 Å². The lowest BCUT2D eigenvalue weighted by Gasteiger charge is -2.09. The monoisotopic (exact) mass is 196 g/mol. The van der Waals surface area contributed by atoms with E-state index in [-0.39, 0.29) is 0 Å². The number of nitrogens with zero attached hydrogens (tertiary/aromatic N) is 3. The SMILES string of the molecule is CN(C)c1ccc2[nH]c(Cl)nc2n1. The lowest BCUT2D eigenvalue weighted by molar-refractivity contribution is 1.08. The van der Waals surface area contributed by atoms with Crippen LogP contribution in [0.3, 0.4) is 0 Å². The van der Waals surface area contributed by atoms with Gasteiger partial charge in [-0.2, -0.15) is 4.98 Å². The Morgan fingerprint density at radius 1 is 1.31 bits per heavy atom. The summed E-state index contributed by atoms with van der Waals surface area (Å²) in [4.78, 5) is 13.1. The lowest BCUT2D eigenvalue weighted by Crippen LogP contribution is -2.10. The number of hydrogen-bond donors (Lipinski definition) is 1. The van der Waals surface area contributed by atoms with Crippen LogP contribution in [-0.4, -0.2) is 29.0 Å². The summed E-state index contributed by atoms with van der Waals surface area (Å²) in [5.41, 5.74) is 1.51. The molecule has 2 aromatic rings. The van der Waals surface area contributed by atoms with Gasteiger partial charge in [0.2, 0.25) is 5.28 Å². The average molecular weight is 197 g/mol. The molecule has 0 amide bonds. The van der Waals surface area contributed by atoms with Crippen LogP contribution in [0.15, 0.2) is 12.1 Å². The van der Waals surface area contributed by atoms with Gasteiger partial charge < -0.3 is 9.88 Å². The van der Waals surface area contributed by atoms with Crippen LogP contribution in [0.2, 0.25) is 5.28 Å². The average Bonchev–Trinajstić information content (AvgIpc) is 2.42. The summed E-state index contributed by atoms with van der Waals surface area (Å²) in [5.74, 6) is 0.871. The van der Waals surface area contributed by atoms with E-state index in [9.17, 15) is 0 Å². The summed E-state index contributed by atoms with van der Waals surface area (Å²) in [6.07, 6.45) is 0. The van der Waals surface area contributed by atoms with Gasteiger partial charge in [-0.15, -0.1) is 0 Å². The van der Waals surface area contributed by atoms with Crippen LogP contribution in [0.4, 0.5) is 5.82 Å². The van der Waals surface area contributed by atoms with Crippen molar-refractivity contribution >= 4 is 28.6 Å². The van der Waals surface area contributed by atoms with Crippen molar-refractivity contribution < 1.29 is 0 Å². The lowest BCUT2D eigenvalue weighted by atomic mass is 10.4. The van der Waals surface area contributed by atoms with E-state index in [0.29, 0.717) is 10.9 Å². The van der Waals surface area contributed by atoms with Gasteiger partial charge in [-0.05, 0) is 23.7 Å². The molecule has 0 aromatic carbocycles. The van der Waals surface area contributed by atoms with Gasteiger partial charge in [-0.25, -0.2) is 4.98 Å². The van der Waals surface area contributed by atoms with Crippen molar-refractivity contribution in [2.75, 3.05) is 19.0 Å². The van der Waals surface area contributed by atoms with Crippen LogP contribution < -0.4 is 4.90 Å². The van der Waals surface area contributed by atoms with Crippen molar-refractivity contribution in [3.05, 3.63) is 17.4 Å². The number of imidazole rings is 1. The standard InChI is InChI=1S/C8H9ClN4/c1-13(2)6-4-3-5-7(11-6)12-8(9)10-5/h3-4H,1-2H3,(H,10,11,12). The Morgan fingerprint density at radius 3 is 2.77 bits per heavy atom. The molecular weight excluding hydrogens is 188 g/mol. The number of rotatable bonds is 1. The molecule has 2 aromatic heterocycles. The zero-order chi connectivity index (χ0) is 9.42. The molecule has 0 atom stereocenters. The summed E-state index contributed by atoms with van der Waals surface area (Å²) < 4.78 is 0. The maximum Gasteiger partial charge on any atom is 0.202 e. The number of fused-ring (bicyclic) bond motifs is 1. The Kier molecular flexibility index (Phi) is 1.84. The van der Waals surface area contributed by atoms with E-state index in [4.69, 9.17) is 11.6 Å². The molecule has 1 N–H and O–H groups in total. The van der Waals surface area contributed by atoms with E-state index in [0.717, 1.165) is 11.3 Å². The molecule has 68 valence electrons. The molecule has 0 aliphatic heterocycles. The van der Waals surface area contributed by atoms with Crippen molar-refractivity contribution in [3.8, 4) is 0 Å². The Balaban J connectivity index is 2.61. The van der Waals surface area contributed by atoms with Gasteiger partial charge in [0.1, 0.15) is 5.82 Å². The van der Waals surface area contributed by atoms with Crippen molar-refractivity contribution in [1.29, 1.82) is 0 Å². The highest BCUT2D eigenvalue weighted by Gasteiger charge is 2.03. The van der Waals surface area contributed by atoms with Gasteiger partial charge in [-0.3, -0.25) is 0 Å². The minimum absolute atomic E-state index is 0.374. The smallest absolute Gasteiger partial charge is 0.202 e. The number of halogens is 1.